The third kappa shape index (κ3) is 7.13. The van der Waals surface area contributed by atoms with Gasteiger partial charge in [-0.25, -0.2) is 4.39 Å². The number of hydrogen-bond donors (Lipinski definition) is 0. The lowest BCUT2D eigenvalue weighted by molar-refractivity contribution is 0.258. The fourth-order valence-corrected chi connectivity index (χ4v) is 6.56. The zero-order chi connectivity index (χ0) is 30.2. The Morgan fingerprint density at radius 3 is 2.12 bits per heavy atom. The monoisotopic (exact) mass is 579 g/mol. The first-order valence-corrected chi connectivity index (χ1v) is 16.2. The molecule has 0 bridgehead atoms. The van der Waals surface area contributed by atoms with Crippen LogP contribution in [-0.2, 0) is 17.8 Å². The van der Waals surface area contributed by atoms with Gasteiger partial charge in [0.15, 0.2) is 0 Å². The van der Waals surface area contributed by atoms with Gasteiger partial charge < -0.3 is 14.4 Å². The van der Waals surface area contributed by atoms with Crippen molar-refractivity contribution in [2.45, 2.75) is 77.4 Å². The number of hydrogen-bond acceptors (Lipinski definition) is 3. The molecule has 0 amide bonds. The van der Waals surface area contributed by atoms with E-state index >= 15 is 0 Å². The molecule has 2 aliphatic heterocycles. The number of ether oxygens (including phenoxy) is 2. The van der Waals surface area contributed by atoms with E-state index in [1.54, 1.807) is 12.1 Å². The minimum absolute atomic E-state index is 0.184. The molecule has 0 N–H and O–H groups in total. The average molecular weight is 580 g/mol. The Morgan fingerprint density at radius 1 is 0.814 bits per heavy atom. The molecule has 226 valence electrons. The fraction of sp³-hybridized carbons (Fsp3) is 0.385. The van der Waals surface area contributed by atoms with E-state index in [1.165, 1.54) is 27.9 Å². The molecular weight excluding hydrogens is 533 g/mol. The zero-order valence-electron chi connectivity index (χ0n) is 26.2. The summed E-state index contributed by atoms with van der Waals surface area (Å²) in [7, 11) is 0. The molecule has 4 heteroatoms. The molecule has 2 heterocycles. The minimum Gasteiger partial charge on any atom is -0.489 e. The Labute approximate surface area is 257 Å². The quantitative estimate of drug-likeness (QED) is 0.213. The molecule has 1 aliphatic carbocycles. The first-order chi connectivity index (χ1) is 21.2. The highest BCUT2D eigenvalue weighted by molar-refractivity contribution is 5.53. The second-order valence-electron chi connectivity index (χ2n) is 11.4. The summed E-state index contributed by atoms with van der Waals surface area (Å²) in [4.78, 5) is 2.49. The Morgan fingerprint density at radius 2 is 1.47 bits per heavy atom. The molecule has 0 radical (unpaired) electrons. The molecule has 7 rings (SSSR count). The van der Waals surface area contributed by atoms with Crippen LogP contribution in [0, 0.1) is 5.82 Å². The van der Waals surface area contributed by atoms with Crippen molar-refractivity contribution in [2.24, 2.45) is 0 Å². The van der Waals surface area contributed by atoms with Gasteiger partial charge in [0.05, 0.1) is 12.2 Å². The summed E-state index contributed by atoms with van der Waals surface area (Å²) in [5.74, 6) is 1.23. The van der Waals surface area contributed by atoms with Crippen molar-refractivity contribution in [1.82, 2.24) is 0 Å². The van der Waals surface area contributed by atoms with Gasteiger partial charge in [-0.15, -0.1) is 0 Å². The molecule has 0 aromatic heterocycles. The van der Waals surface area contributed by atoms with Gasteiger partial charge in [-0.2, -0.15) is 0 Å². The lowest BCUT2D eigenvalue weighted by Gasteiger charge is -2.36. The number of epoxide rings is 1. The number of rotatable bonds is 6. The number of piperidine rings is 1. The Kier molecular flexibility index (Phi) is 10.2. The lowest BCUT2D eigenvalue weighted by atomic mass is 9.69. The fourth-order valence-electron chi connectivity index (χ4n) is 6.56. The molecule has 4 aromatic rings. The second kappa shape index (κ2) is 14.2. The van der Waals surface area contributed by atoms with E-state index < -0.39 is 0 Å². The third-order valence-corrected chi connectivity index (χ3v) is 8.97. The summed E-state index contributed by atoms with van der Waals surface area (Å²) >= 11 is 0. The normalized spacial score (nSPS) is 19.7. The van der Waals surface area contributed by atoms with Crippen molar-refractivity contribution in [2.75, 3.05) is 24.6 Å². The van der Waals surface area contributed by atoms with Crippen LogP contribution in [0.2, 0.25) is 0 Å². The number of halogens is 1. The van der Waals surface area contributed by atoms with E-state index in [-0.39, 0.29) is 17.3 Å². The van der Waals surface area contributed by atoms with Crippen molar-refractivity contribution < 1.29 is 13.9 Å². The predicted molar refractivity (Wildman–Crippen MR) is 176 cm³/mol. The van der Waals surface area contributed by atoms with Crippen molar-refractivity contribution in [3.8, 4) is 5.75 Å². The summed E-state index contributed by atoms with van der Waals surface area (Å²) < 4.78 is 25.7. The molecule has 1 unspecified atom stereocenters. The zero-order valence-corrected chi connectivity index (χ0v) is 26.2. The summed E-state index contributed by atoms with van der Waals surface area (Å²) in [6.45, 7) is 11.6. The average Bonchev–Trinajstić information content (AvgIpc) is 3.84. The van der Waals surface area contributed by atoms with E-state index in [4.69, 9.17) is 9.47 Å². The van der Waals surface area contributed by atoms with Gasteiger partial charge in [0, 0.05) is 24.7 Å². The maximum Gasteiger partial charge on any atom is 0.123 e. The topological polar surface area (TPSA) is 25.0 Å². The maximum absolute atomic E-state index is 13.8. The van der Waals surface area contributed by atoms with Crippen molar-refractivity contribution in [3.63, 3.8) is 0 Å². The second-order valence-corrected chi connectivity index (χ2v) is 11.4. The summed E-state index contributed by atoms with van der Waals surface area (Å²) in [6.07, 6.45) is 4.23. The molecule has 4 aromatic carbocycles. The highest BCUT2D eigenvalue weighted by atomic mass is 19.1. The maximum atomic E-state index is 13.8. The lowest BCUT2D eigenvalue weighted by Crippen LogP contribution is -2.37. The molecule has 2 atom stereocenters. The highest BCUT2D eigenvalue weighted by Gasteiger charge is 2.46. The van der Waals surface area contributed by atoms with Gasteiger partial charge in [0.1, 0.15) is 18.2 Å². The van der Waals surface area contributed by atoms with Crippen LogP contribution in [0.3, 0.4) is 0 Å². The Bertz CT molecular complexity index is 1420. The van der Waals surface area contributed by atoms with E-state index in [2.05, 4.69) is 59.5 Å². The SMILES string of the molecule is CC.CC.Fc1ccc([C@H]2CCc3cc(OCc4ccccc4)ccc3C2c2ccc(N3CCC4(CC3)CO4)cc2)cc1. The van der Waals surface area contributed by atoms with Gasteiger partial charge in [-0.3, -0.25) is 0 Å². The number of fused-ring (bicyclic) bond motifs is 1. The summed E-state index contributed by atoms with van der Waals surface area (Å²) in [6, 6.07) is 33.2. The first kappa shape index (κ1) is 30.8. The molecule has 0 saturated carbocycles. The van der Waals surface area contributed by atoms with E-state index in [0.29, 0.717) is 12.5 Å². The highest BCUT2D eigenvalue weighted by Crippen LogP contribution is 2.47. The molecule has 43 heavy (non-hydrogen) atoms. The van der Waals surface area contributed by atoms with Gasteiger partial charge in [0.2, 0.25) is 0 Å². The largest absolute Gasteiger partial charge is 0.489 e. The van der Waals surface area contributed by atoms with Crippen LogP contribution in [0.25, 0.3) is 0 Å². The molecule has 1 spiro atoms. The first-order valence-electron chi connectivity index (χ1n) is 16.2. The van der Waals surface area contributed by atoms with E-state index in [0.717, 1.165) is 56.7 Å². The number of anilines is 1. The Hall–Kier alpha value is -3.63. The predicted octanol–water partition coefficient (Wildman–Crippen LogP) is 9.69. The number of nitrogens with zero attached hydrogens (tertiary/aromatic N) is 1. The molecule has 2 fully saturated rings. The third-order valence-electron chi connectivity index (χ3n) is 8.97. The number of aryl methyl sites for hydroxylation is 1. The van der Waals surface area contributed by atoms with Gasteiger partial charge in [0.25, 0.3) is 0 Å². The van der Waals surface area contributed by atoms with Crippen LogP contribution in [0.5, 0.6) is 5.75 Å². The smallest absolute Gasteiger partial charge is 0.123 e. The van der Waals surface area contributed by atoms with Gasteiger partial charge in [-0.05, 0) is 95.8 Å². The summed E-state index contributed by atoms with van der Waals surface area (Å²) in [5, 5.41) is 0. The van der Waals surface area contributed by atoms with E-state index in [1.807, 2.05) is 58.0 Å². The molecular formula is C39H46FNO2. The van der Waals surface area contributed by atoms with Gasteiger partial charge >= 0.3 is 0 Å². The number of benzene rings is 4. The van der Waals surface area contributed by atoms with Crippen LogP contribution >= 0.6 is 0 Å². The molecule has 2 saturated heterocycles. The van der Waals surface area contributed by atoms with Crippen LogP contribution in [0.4, 0.5) is 10.1 Å². The van der Waals surface area contributed by atoms with E-state index in [9.17, 15) is 4.39 Å². The van der Waals surface area contributed by atoms with Crippen LogP contribution in [0.15, 0.2) is 97.1 Å². The minimum atomic E-state index is -0.184. The van der Waals surface area contributed by atoms with Crippen molar-refractivity contribution >= 4 is 5.69 Å². The van der Waals surface area contributed by atoms with Crippen LogP contribution in [-0.4, -0.2) is 25.3 Å². The molecule has 3 nitrogen and oxygen atoms in total. The molecule has 3 aliphatic rings. The van der Waals surface area contributed by atoms with Crippen molar-refractivity contribution in [1.29, 1.82) is 0 Å². The standard InChI is InChI=1S/C35H34FNO2.2C2H6/c36-29-11-6-26(7-12-29)32-16-10-28-22-31(38-23-25-4-2-1-3-5-25)15-17-33(28)34(32)27-8-13-30(14-9-27)37-20-18-35(19-21-37)24-39-35;2*1-2/h1-9,11-15,17,22,32,34H,10,16,18-21,23-24H2;2*1-2H3/t32-,34?;;/m1../s1. The van der Waals surface area contributed by atoms with Crippen LogP contribution in [0.1, 0.15) is 86.6 Å². The summed E-state index contributed by atoms with van der Waals surface area (Å²) in [5.41, 5.74) is 7.84. The van der Waals surface area contributed by atoms with Crippen LogP contribution < -0.4 is 9.64 Å². The van der Waals surface area contributed by atoms with Crippen molar-refractivity contribution in [3.05, 3.63) is 131 Å². The Balaban J connectivity index is 0.000000885. The van der Waals surface area contributed by atoms with Gasteiger partial charge in [-0.1, -0.05) is 88.4 Å².